The van der Waals surface area contributed by atoms with Gasteiger partial charge >= 0.3 is 0 Å². The SMILES string of the molecule is c1ccc(-c2cccc(N(c3ccc4c(c3)C3(c5ccccc5Oc5ccccc53)c3ccccc3-4)c3ccc4c(c3)C3(c5ccccc5-c5ccccc53)c3cc(-c5ccccc5)ccc3-4)c2)cc1. The van der Waals surface area contributed by atoms with Crippen molar-refractivity contribution in [3.63, 3.8) is 0 Å². The fourth-order valence-electron chi connectivity index (χ4n) is 13.0. The van der Waals surface area contributed by atoms with E-state index in [4.69, 9.17) is 4.74 Å². The van der Waals surface area contributed by atoms with Gasteiger partial charge in [-0.3, -0.25) is 0 Å². The molecule has 3 aliphatic carbocycles. The Bertz CT molecular complexity index is 3850. The lowest BCUT2D eigenvalue weighted by atomic mass is 9.66. The number of nitrogens with zero attached hydrogens (tertiary/aromatic N) is 1. The van der Waals surface area contributed by atoms with Crippen molar-refractivity contribution >= 4 is 17.1 Å². The smallest absolute Gasteiger partial charge is 0.132 e. The zero-order valence-electron chi connectivity index (χ0n) is 38.2. The van der Waals surface area contributed by atoms with Crippen LogP contribution in [0.25, 0.3) is 55.6 Å². The summed E-state index contributed by atoms with van der Waals surface area (Å²) < 4.78 is 6.75. The highest BCUT2D eigenvalue weighted by atomic mass is 16.5. The van der Waals surface area contributed by atoms with Crippen LogP contribution in [0.2, 0.25) is 0 Å². The van der Waals surface area contributed by atoms with Gasteiger partial charge in [-0.25, -0.2) is 0 Å². The Labute approximate surface area is 408 Å². The molecule has 2 spiro atoms. The van der Waals surface area contributed by atoms with Gasteiger partial charge in [-0.15, -0.1) is 0 Å². The van der Waals surface area contributed by atoms with Gasteiger partial charge < -0.3 is 9.64 Å². The minimum absolute atomic E-state index is 0.546. The monoisotopic (exact) mass is 889 g/mol. The van der Waals surface area contributed by atoms with Crippen molar-refractivity contribution in [1.82, 2.24) is 0 Å². The average molecular weight is 890 g/mol. The first-order valence-electron chi connectivity index (χ1n) is 24.3. The summed E-state index contributed by atoms with van der Waals surface area (Å²) in [6.07, 6.45) is 0. The number of rotatable bonds is 5. The standard InChI is InChI=1S/C68H43NO/c1-3-18-44(19-4-1)46-22-17-23-48(40-46)69(50-35-38-55-53-26-9-12-29-59(53)68(64(55)43-50)60-30-13-15-32-65(60)70-66-33-16-14-31-61(66)68)49-36-39-56-54-37-34-47(45-20-5-2-6-21-45)41-62(54)67(63(56)42-49)57-27-10-7-24-51(57)52-25-8-11-28-58(52)67/h1-43H. The maximum Gasteiger partial charge on any atom is 0.132 e. The van der Waals surface area contributed by atoms with Gasteiger partial charge in [0.2, 0.25) is 0 Å². The molecule has 0 amide bonds. The second-order valence-electron chi connectivity index (χ2n) is 19.1. The summed E-state index contributed by atoms with van der Waals surface area (Å²) in [6.45, 7) is 0. The first kappa shape index (κ1) is 39.1. The molecule has 0 atom stereocenters. The van der Waals surface area contributed by atoms with Crippen molar-refractivity contribution < 1.29 is 4.74 Å². The Morgan fingerprint density at radius 1 is 0.229 bits per heavy atom. The second-order valence-corrected chi connectivity index (χ2v) is 19.1. The Hall–Kier alpha value is -8.98. The number of para-hydroxylation sites is 2. The summed E-state index contributed by atoms with van der Waals surface area (Å²) in [4.78, 5) is 2.50. The second kappa shape index (κ2) is 14.8. The van der Waals surface area contributed by atoms with E-state index in [-0.39, 0.29) is 0 Å². The number of ether oxygens (including phenoxy) is 1. The van der Waals surface area contributed by atoms with Crippen molar-refractivity contribution in [3.05, 3.63) is 305 Å². The molecule has 1 aliphatic heterocycles. The molecule has 2 heteroatoms. The molecular weight excluding hydrogens is 847 g/mol. The predicted octanol–water partition coefficient (Wildman–Crippen LogP) is 17.3. The van der Waals surface area contributed by atoms with Crippen LogP contribution in [-0.4, -0.2) is 0 Å². The molecule has 0 saturated carbocycles. The molecule has 11 aromatic carbocycles. The molecule has 0 bridgehead atoms. The minimum Gasteiger partial charge on any atom is -0.457 e. The highest BCUT2D eigenvalue weighted by Gasteiger charge is 2.53. The molecule has 0 unspecified atom stereocenters. The fourth-order valence-corrected chi connectivity index (χ4v) is 13.0. The maximum absolute atomic E-state index is 6.75. The molecule has 0 aromatic heterocycles. The van der Waals surface area contributed by atoms with E-state index in [1.807, 2.05) is 0 Å². The molecule has 0 radical (unpaired) electrons. The van der Waals surface area contributed by atoms with Crippen LogP contribution in [0.1, 0.15) is 44.5 Å². The van der Waals surface area contributed by atoms with Crippen LogP contribution in [0.3, 0.4) is 0 Å². The topological polar surface area (TPSA) is 12.5 Å². The van der Waals surface area contributed by atoms with Gasteiger partial charge in [0.15, 0.2) is 0 Å². The molecular formula is C68H43NO. The molecule has 4 aliphatic rings. The van der Waals surface area contributed by atoms with Gasteiger partial charge in [0.05, 0.1) is 10.8 Å². The molecule has 1 heterocycles. The van der Waals surface area contributed by atoms with Crippen LogP contribution in [0.4, 0.5) is 17.1 Å². The van der Waals surface area contributed by atoms with Crippen LogP contribution < -0.4 is 9.64 Å². The Kier molecular flexibility index (Phi) is 8.24. The predicted molar refractivity (Wildman–Crippen MR) is 286 cm³/mol. The van der Waals surface area contributed by atoms with Gasteiger partial charge in [0.1, 0.15) is 11.5 Å². The molecule has 0 saturated heterocycles. The largest absolute Gasteiger partial charge is 0.457 e. The molecule has 2 nitrogen and oxygen atoms in total. The van der Waals surface area contributed by atoms with E-state index in [0.717, 1.165) is 45.3 Å². The molecule has 0 fully saturated rings. The van der Waals surface area contributed by atoms with Crippen molar-refractivity contribution in [2.75, 3.05) is 4.90 Å². The van der Waals surface area contributed by atoms with Gasteiger partial charge in [-0.1, -0.05) is 206 Å². The third-order valence-electron chi connectivity index (χ3n) is 15.7. The summed E-state index contributed by atoms with van der Waals surface area (Å²) in [5.41, 5.74) is 24.6. The van der Waals surface area contributed by atoms with Crippen LogP contribution in [0, 0.1) is 0 Å². The zero-order valence-corrected chi connectivity index (χ0v) is 38.2. The van der Waals surface area contributed by atoms with E-state index in [1.165, 1.54) is 83.5 Å². The summed E-state index contributed by atoms with van der Waals surface area (Å²) in [5.74, 6) is 1.77. The molecule has 326 valence electrons. The van der Waals surface area contributed by atoms with Gasteiger partial charge in [-0.2, -0.15) is 0 Å². The van der Waals surface area contributed by atoms with Gasteiger partial charge in [0, 0.05) is 28.2 Å². The van der Waals surface area contributed by atoms with E-state index in [1.54, 1.807) is 0 Å². The maximum atomic E-state index is 6.75. The first-order valence-corrected chi connectivity index (χ1v) is 24.3. The van der Waals surface area contributed by atoms with Crippen molar-refractivity contribution in [3.8, 4) is 67.1 Å². The number of hydrogen-bond acceptors (Lipinski definition) is 2. The van der Waals surface area contributed by atoms with E-state index < -0.39 is 10.8 Å². The van der Waals surface area contributed by atoms with Crippen molar-refractivity contribution in [1.29, 1.82) is 0 Å². The zero-order chi connectivity index (χ0) is 46.0. The van der Waals surface area contributed by atoms with Gasteiger partial charge in [0.25, 0.3) is 0 Å². The van der Waals surface area contributed by atoms with Crippen LogP contribution >= 0.6 is 0 Å². The van der Waals surface area contributed by atoms with Gasteiger partial charge in [-0.05, 0) is 144 Å². The number of anilines is 3. The number of hydrogen-bond donors (Lipinski definition) is 0. The molecule has 15 rings (SSSR count). The first-order chi connectivity index (χ1) is 34.7. The normalized spacial score (nSPS) is 14.1. The Balaban J connectivity index is 1.01. The highest BCUT2D eigenvalue weighted by Crippen LogP contribution is 2.65. The number of benzene rings is 11. The van der Waals surface area contributed by atoms with Crippen molar-refractivity contribution in [2.24, 2.45) is 0 Å². The highest BCUT2D eigenvalue weighted by molar-refractivity contribution is 5.98. The fraction of sp³-hybridized carbons (Fsp3) is 0.0294. The van der Waals surface area contributed by atoms with Crippen LogP contribution in [0.15, 0.2) is 261 Å². The molecule has 11 aromatic rings. The summed E-state index contributed by atoms with van der Waals surface area (Å²) >= 11 is 0. The quantitative estimate of drug-likeness (QED) is 0.171. The Morgan fingerprint density at radius 2 is 0.586 bits per heavy atom. The Morgan fingerprint density at radius 3 is 1.10 bits per heavy atom. The van der Waals surface area contributed by atoms with E-state index >= 15 is 0 Å². The van der Waals surface area contributed by atoms with Crippen LogP contribution in [0.5, 0.6) is 11.5 Å². The summed E-state index contributed by atoms with van der Waals surface area (Å²) in [7, 11) is 0. The van der Waals surface area contributed by atoms with E-state index in [9.17, 15) is 0 Å². The van der Waals surface area contributed by atoms with Crippen LogP contribution in [-0.2, 0) is 10.8 Å². The lowest BCUT2D eigenvalue weighted by Crippen LogP contribution is -2.32. The lowest BCUT2D eigenvalue weighted by Gasteiger charge is -2.39. The van der Waals surface area contributed by atoms with E-state index in [0.29, 0.717) is 0 Å². The molecule has 0 N–H and O–H groups in total. The third kappa shape index (κ3) is 5.22. The number of fused-ring (bicyclic) bond motifs is 19. The minimum atomic E-state index is -0.609. The third-order valence-corrected chi connectivity index (χ3v) is 15.7. The van der Waals surface area contributed by atoms with Crippen molar-refractivity contribution in [2.45, 2.75) is 10.8 Å². The summed E-state index contributed by atoms with van der Waals surface area (Å²) in [6, 6.07) is 96.7. The molecule has 70 heavy (non-hydrogen) atoms. The summed E-state index contributed by atoms with van der Waals surface area (Å²) in [5, 5.41) is 0. The van der Waals surface area contributed by atoms with E-state index in [2.05, 4.69) is 266 Å². The average Bonchev–Trinajstić information content (AvgIpc) is 4.01. The lowest BCUT2D eigenvalue weighted by molar-refractivity contribution is 0.436.